The normalized spacial score (nSPS) is 11.6. The van der Waals surface area contributed by atoms with Crippen LogP contribution in [0, 0.1) is 12.8 Å². The van der Waals surface area contributed by atoms with Crippen molar-refractivity contribution in [1.82, 2.24) is 0 Å². The zero-order valence-electron chi connectivity index (χ0n) is 16.9. The third-order valence-corrected chi connectivity index (χ3v) is 3.92. The van der Waals surface area contributed by atoms with Crippen LogP contribution in [0.15, 0.2) is 42.5 Å². The maximum Gasteiger partial charge on any atom is 0.339 e. The molecule has 0 aliphatic rings. The zero-order chi connectivity index (χ0) is 20.7. The molecule has 0 aromatic heterocycles. The lowest BCUT2D eigenvalue weighted by Gasteiger charge is -2.16. The van der Waals surface area contributed by atoms with Crippen molar-refractivity contribution < 1.29 is 23.8 Å². The van der Waals surface area contributed by atoms with Crippen molar-refractivity contribution in [2.24, 2.45) is 5.92 Å². The van der Waals surface area contributed by atoms with Gasteiger partial charge in [-0.1, -0.05) is 26.0 Å². The summed E-state index contributed by atoms with van der Waals surface area (Å²) < 4.78 is 16.2. The molecule has 2 aromatic rings. The number of hydrogen-bond donors (Lipinski definition) is 1. The Hall–Kier alpha value is -3.02. The second kappa shape index (κ2) is 9.78. The van der Waals surface area contributed by atoms with Crippen LogP contribution < -0.4 is 14.8 Å². The van der Waals surface area contributed by atoms with Gasteiger partial charge in [0.05, 0.1) is 25.0 Å². The molecular weight excluding hydrogens is 358 g/mol. The average Bonchev–Trinajstić information content (AvgIpc) is 2.66. The van der Waals surface area contributed by atoms with E-state index in [-0.39, 0.29) is 0 Å². The highest BCUT2D eigenvalue weighted by Crippen LogP contribution is 2.25. The van der Waals surface area contributed by atoms with Crippen LogP contribution in [0.2, 0.25) is 0 Å². The molecule has 6 heteroatoms. The Bertz CT molecular complexity index is 831. The van der Waals surface area contributed by atoms with E-state index >= 15 is 0 Å². The summed E-state index contributed by atoms with van der Waals surface area (Å²) >= 11 is 0. The summed E-state index contributed by atoms with van der Waals surface area (Å²) in [6.45, 7) is 8.07. The van der Waals surface area contributed by atoms with Gasteiger partial charge in [0.1, 0.15) is 11.5 Å². The van der Waals surface area contributed by atoms with Gasteiger partial charge in [-0.25, -0.2) is 4.79 Å². The van der Waals surface area contributed by atoms with Crippen molar-refractivity contribution in [3.05, 3.63) is 53.6 Å². The second-order valence-electron chi connectivity index (χ2n) is 6.97. The quantitative estimate of drug-likeness (QED) is 0.689. The van der Waals surface area contributed by atoms with Crippen LogP contribution >= 0.6 is 0 Å². The summed E-state index contributed by atoms with van der Waals surface area (Å²) in [6, 6.07) is 12.2. The van der Waals surface area contributed by atoms with E-state index < -0.39 is 18.0 Å². The van der Waals surface area contributed by atoms with Crippen LogP contribution in [0.3, 0.4) is 0 Å². The molecule has 0 aliphatic carbocycles. The van der Waals surface area contributed by atoms with Crippen molar-refractivity contribution in [1.29, 1.82) is 0 Å². The first-order chi connectivity index (χ1) is 13.3. The van der Waals surface area contributed by atoms with Crippen molar-refractivity contribution in [2.75, 3.05) is 19.0 Å². The number of aryl methyl sites for hydroxylation is 1. The third-order valence-electron chi connectivity index (χ3n) is 3.92. The van der Waals surface area contributed by atoms with Crippen molar-refractivity contribution in [3.8, 4) is 11.5 Å². The Morgan fingerprint density at radius 3 is 2.50 bits per heavy atom. The molecule has 28 heavy (non-hydrogen) atoms. The number of methoxy groups -OCH3 is 1. The smallest absolute Gasteiger partial charge is 0.339 e. The minimum absolute atomic E-state index is 0.328. The Balaban J connectivity index is 2.01. The van der Waals surface area contributed by atoms with Gasteiger partial charge in [-0.3, -0.25) is 4.79 Å². The average molecular weight is 385 g/mol. The Labute approximate surface area is 165 Å². The lowest BCUT2D eigenvalue weighted by atomic mass is 10.2. The molecule has 0 radical (unpaired) electrons. The Morgan fingerprint density at radius 1 is 1.07 bits per heavy atom. The molecule has 1 N–H and O–H groups in total. The Morgan fingerprint density at radius 2 is 1.82 bits per heavy atom. The molecule has 0 bridgehead atoms. The maximum atomic E-state index is 12.4. The summed E-state index contributed by atoms with van der Waals surface area (Å²) in [5.74, 6) is 0.466. The first-order valence-corrected chi connectivity index (χ1v) is 9.19. The van der Waals surface area contributed by atoms with Crippen LogP contribution in [0.5, 0.6) is 11.5 Å². The maximum absolute atomic E-state index is 12.4. The molecule has 0 unspecified atom stereocenters. The minimum Gasteiger partial charge on any atom is -0.495 e. The van der Waals surface area contributed by atoms with E-state index in [1.807, 2.05) is 26.8 Å². The van der Waals surface area contributed by atoms with Gasteiger partial charge in [-0.2, -0.15) is 0 Å². The highest BCUT2D eigenvalue weighted by Gasteiger charge is 2.20. The SMILES string of the molecule is COc1ccc(C)cc1NC(=O)[C@@H](C)OC(=O)c1cccc(OCC(C)C)c1. The van der Waals surface area contributed by atoms with Crippen LogP contribution in [-0.4, -0.2) is 31.7 Å². The number of ether oxygens (including phenoxy) is 3. The molecule has 0 fully saturated rings. The lowest BCUT2D eigenvalue weighted by molar-refractivity contribution is -0.123. The van der Waals surface area contributed by atoms with Gasteiger partial charge >= 0.3 is 5.97 Å². The zero-order valence-corrected chi connectivity index (χ0v) is 16.9. The monoisotopic (exact) mass is 385 g/mol. The molecule has 2 aromatic carbocycles. The second-order valence-corrected chi connectivity index (χ2v) is 6.97. The van der Waals surface area contributed by atoms with E-state index in [4.69, 9.17) is 14.2 Å². The molecule has 0 saturated carbocycles. The summed E-state index contributed by atoms with van der Waals surface area (Å²) in [7, 11) is 1.53. The summed E-state index contributed by atoms with van der Waals surface area (Å²) in [6.07, 6.45) is -0.974. The van der Waals surface area contributed by atoms with Gasteiger partial charge in [-0.15, -0.1) is 0 Å². The number of rotatable bonds is 8. The number of benzene rings is 2. The number of carbonyl (C=O) groups excluding carboxylic acids is 2. The van der Waals surface area contributed by atoms with Crippen LogP contribution in [0.1, 0.15) is 36.7 Å². The van der Waals surface area contributed by atoms with Crippen molar-refractivity contribution in [3.63, 3.8) is 0 Å². The van der Waals surface area contributed by atoms with Gasteiger partial charge < -0.3 is 19.5 Å². The fourth-order valence-electron chi connectivity index (χ4n) is 2.41. The van der Waals surface area contributed by atoms with Crippen LogP contribution in [-0.2, 0) is 9.53 Å². The van der Waals surface area contributed by atoms with E-state index in [2.05, 4.69) is 5.32 Å². The molecule has 1 atom stereocenters. The van der Waals surface area contributed by atoms with Gasteiger partial charge in [0.15, 0.2) is 6.10 Å². The van der Waals surface area contributed by atoms with Crippen molar-refractivity contribution in [2.45, 2.75) is 33.8 Å². The number of anilines is 1. The summed E-state index contributed by atoms with van der Waals surface area (Å²) in [5.41, 5.74) is 1.83. The van der Waals surface area contributed by atoms with Gasteiger partial charge in [0.25, 0.3) is 5.91 Å². The highest BCUT2D eigenvalue weighted by molar-refractivity contribution is 5.98. The molecule has 0 saturated heterocycles. The lowest BCUT2D eigenvalue weighted by Crippen LogP contribution is -2.30. The minimum atomic E-state index is -0.974. The van der Waals surface area contributed by atoms with Crippen LogP contribution in [0.4, 0.5) is 5.69 Å². The highest BCUT2D eigenvalue weighted by atomic mass is 16.5. The van der Waals surface area contributed by atoms with Gasteiger partial charge in [0, 0.05) is 0 Å². The summed E-state index contributed by atoms with van der Waals surface area (Å²) in [4.78, 5) is 24.8. The molecule has 6 nitrogen and oxygen atoms in total. The largest absolute Gasteiger partial charge is 0.495 e. The number of hydrogen-bond acceptors (Lipinski definition) is 5. The van der Waals surface area contributed by atoms with E-state index in [1.165, 1.54) is 14.0 Å². The number of nitrogens with one attached hydrogen (secondary N) is 1. The van der Waals surface area contributed by atoms with Gasteiger partial charge in [-0.05, 0) is 55.7 Å². The van der Waals surface area contributed by atoms with E-state index in [1.54, 1.807) is 36.4 Å². The topological polar surface area (TPSA) is 73.9 Å². The molecule has 0 heterocycles. The van der Waals surface area contributed by atoms with Crippen LogP contribution in [0.25, 0.3) is 0 Å². The van der Waals surface area contributed by atoms with E-state index in [0.29, 0.717) is 35.3 Å². The molecular formula is C22H27NO5. The molecule has 2 rings (SSSR count). The first kappa shape index (κ1) is 21.3. The molecule has 0 spiro atoms. The predicted molar refractivity (Wildman–Crippen MR) is 108 cm³/mol. The molecule has 1 amide bonds. The number of esters is 1. The predicted octanol–water partition coefficient (Wildman–Crippen LogP) is 4.22. The number of carbonyl (C=O) groups is 2. The number of amides is 1. The third kappa shape index (κ3) is 6.01. The fourth-order valence-corrected chi connectivity index (χ4v) is 2.41. The van der Waals surface area contributed by atoms with E-state index in [9.17, 15) is 9.59 Å². The summed E-state index contributed by atoms with van der Waals surface area (Å²) in [5, 5.41) is 2.74. The van der Waals surface area contributed by atoms with Gasteiger partial charge in [0.2, 0.25) is 0 Å². The van der Waals surface area contributed by atoms with Crippen molar-refractivity contribution >= 4 is 17.6 Å². The molecule has 0 aliphatic heterocycles. The fraction of sp³-hybridized carbons (Fsp3) is 0.364. The standard InChI is InChI=1S/C22H27NO5/c1-14(2)13-27-18-8-6-7-17(12-18)22(25)28-16(4)21(24)23-19-11-15(3)9-10-20(19)26-5/h6-12,14,16H,13H2,1-5H3,(H,23,24)/t16-/m1/s1. The Kier molecular flexibility index (Phi) is 7.44. The first-order valence-electron chi connectivity index (χ1n) is 9.19. The van der Waals surface area contributed by atoms with E-state index in [0.717, 1.165) is 5.56 Å². The molecule has 150 valence electrons.